The lowest BCUT2D eigenvalue weighted by Crippen LogP contribution is -2.18. The molecule has 3 nitrogen and oxygen atoms in total. The minimum Gasteiger partial charge on any atom is -0.491 e. The fourth-order valence-corrected chi connectivity index (χ4v) is 0.993. The van der Waals surface area contributed by atoms with Gasteiger partial charge >= 0.3 is 6.36 Å². The lowest BCUT2D eigenvalue weighted by Gasteiger charge is -2.09. The van der Waals surface area contributed by atoms with Gasteiger partial charge < -0.3 is 4.74 Å². The summed E-state index contributed by atoms with van der Waals surface area (Å²) in [5, 5.41) is 8.44. The average Bonchev–Trinajstić information content (AvgIpc) is 2.23. The normalized spacial score (nSPS) is 11.0. The van der Waals surface area contributed by atoms with Gasteiger partial charge in [-0.2, -0.15) is 5.26 Å². The van der Waals surface area contributed by atoms with Crippen LogP contribution in [0.25, 0.3) is 0 Å². The molecule has 0 aliphatic carbocycles. The van der Waals surface area contributed by atoms with Crippen LogP contribution < -0.4 is 4.74 Å². The van der Waals surface area contributed by atoms with Crippen LogP contribution >= 0.6 is 0 Å². The van der Waals surface area contributed by atoms with Gasteiger partial charge in [-0.05, 0) is 12.1 Å². The van der Waals surface area contributed by atoms with E-state index in [9.17, 15) is 17.6 Å². The fourth-order valence-electron chi connectivity index (χ4n) is 0.993. The number of ether oxygens (including phenoxy) is 2. The summed E-state index contributed by atoms with van der Waals surface area (Å²) >= 11 is 0. The van der Waals surface area contributed by atoms with Crippen LogP contribution in [0.3, 0.4) is 0 Å². The maximum atomic E-state index is 13.0. The van der Waals surface area contributed by atoms with Crippen LogP contribution in [0.15, 0.2) is 18.2 Å². The second-order valence-corrected chi connectivity index (χ2v) is 2.90. The van der Waals surface area contributed by atoms with E-state index in [1.165, 1.54) is 12.1 Å². The van der Waals surface area contributed by atoms with Crippen LogP contribution in [0, 0.1) is 17.1 Å². The van der Waals surface area contributed by atoms with Gasteiger partial charge in [0.15, 0.2) is 0 Å². The SMILES string of the molecule is N#Cc1ccc(OCCOC(F)(F)F)cc1F. The topological polar surface area (TPSA) is 42.2 Å². The molecule has 1 rings (SSSR count). The number of alkyl halides is 3. The largest absolute Gasteiger partial charge is 0.522 e. The molecule has 0 fully saturated rings. The number of nitrogens with zero attached hydrogens (tertiary/aromatic N) is 1. The Kier molecular flexibility index (Phi) is 4.29. The van der Waals surface area contributed by atoms with E-state index >= 15 is 0 Å². The highest BCUT2D eigenvalue weighted by atomic mass is 19.4. The molecule has 92 valence electrons. The van der Waals surface area contributed by atoms with Crippen LogP contribution in [-0.2, 0) is 4.74 Å². The number of hydrogen-bond donors (Lipinski definition) is 0. The number of nitriles is 1. The van der Waals surface area contributed by atoms with E-state index in [4.69, 9.17) is 10.00 Å². The van der Waals surface area contributed by atoms with Gasteiger partial charge in [-0.1, -0.05) is 0 Å². The first kappa shape index (κ1) is 13.3. The molecule has 17 heavy (non-hydrogen) atoms. The lowest BCUT2D eigenvalue weighted by molar-refractivity contribution is -0.325. The first-order chi connectivity index (χ1) is 7.92. The van der Waals surface area contributed by atoms with Crippen LogP contribution in [0.5, 0.6) is 5.75 Å². The second-order valence-electron chi connectivity index (χ2n) is 2.90. The van der Waals surface area contributed by atoms with E-state index in [-0.39, 0.29) is 17.9 Å². The van der Waals surface area contributed by atoms with Crippen molar-refractivity contribution in [2.24, 2.45) is 0 Å². The predicted molar refractivity (Wildman–Crippen MR) is 48.6 cm³/mol. The molecule has 0 bridgehead atoms. The van der Waals surface area contributed by atoms with Crippen molar-refractivity contribution in [2.45, 2.75) is 6.36 Å². The van der Waals surface area contributed by atoms with E-state index in [0.717, 1.165) is 6.07 Å². The molecule has 0 aromatic heterocycles. The zero-order valence-electron chi connectivity index (χ0n) is 8.42. The number of rotatable bonds is 4. The maximum absolute atomic E-state index is 13.0. The predicted octanol–water partition coefficient (Wildman–Crippen LogP) is 2.61. The number of benzene rings is 1. The number of halogens is 4. The third kappa shape index (κ3) is 4.70. The Balaban J connectivity index is 2.43. The summed E-state index contributed by atoms with van der Waals surface area (Å²) in [6.45, 7) is -1.06. The van der Waals surface area contributed by atoms with Gasteiger partial charge in [0.05, 0.1) is 12.2 Å². The average molecular weight is 249 g/mol. The molecule has 0 amide bonds. The molecular weight excluding hydrogens is 242 g/mol. The molecular formula is C10H7F4NO2. The van der Waals surface area contributed by atoms with Gasteiger partial charge in [0.25, 0.3) is 0 Å². The molecule has 0 saturated carbocycles. The molecule has 0 atom stereocenters. The minimum absolute atomic E-state index is 0.0345. The summed E-state index contributed by atoms with van der Waals surface area (Å²) < 4.78 is 56.0. The van der Waals surface area contributed by atoms with Gasteiger partial charge in [-0.25, -0.2) is 4.39 Å². The molecule has 0 unspecified atom stereocenters. The van der Waals surface area contributed by atoms with Crippen molar-refractivity contribution in [3.63, 3.8) is 0 Å². The van der Waals surface area contributed by atoms with Crippen LogP contribution in [0.2, 0.25) is 0 Å². The standard InChI is InChI=1S/C10H7F4NO2/c11-9-5-8(2-1-7(9)6-15)16-3-4-17-10(12,13)14/h1-2,5H,3-4H2. The molecule has 0 aliphatic heterocycles. The zero-order chi connectivity index (χ0) is 12.9. The van der Waals surface area contributed by atoms with E-state index < -0.39 is 18.8 Å². The van der Waals surface area contributed by atoms with Crippen molar-refractivity contribution in [2.75, 3.05) is 13.2 Å². The molecule has 0 spiro atoms. The van der Waals surface area contributed by atoms with Gasteiger partial charge in [-0.3, -0.25) is 4.74 Å². The van der Waals surface area contributed by atoms with Crippen molar-refractivity contribution in [1.29, 1.82) is 5.26 Å². The Labute approximate surface area is 94.2 Å². The highest BCUT2D eigenvalue weighted by molar-refractivity contribution is 5.36. The van der Waals surface area contributed by atoms with Crippen molar-refractivity contribution >= 4 is 0 Å². The Morgan fingerprint density at radius 1 is 1.24 bits per heavy atom. The van der Waals surface area contributed by atoms with Gasteiger partial charge in [0.1, 0.15) is 24.2 Å². The van der Waals surface area contributed by atoms with E-state index in [1.54, 1.807) is 6.07 Å². The first-order valence-electron chi connectivity index (χ1n) is 4.45. The summed E-state index contributed by atoms with van der Waals surface area (Å²) in [4.78, 5) is 0. The summed E-state index contributed by atoms with van der Waals surface area (Å²) in [6.07, 6.45) is -4.71. The van der Waals surface area contributed by atoms with E-state index in [1.807, 2.05) is 0 Å². The van der Waals surface area contributed by atoms with Crippen molar-refractivity contribution in [3.8, 4) is 11.8 Å². The Morgan fingerprint density at radius 2 is 1.94 bits per heavy atom. The Bertz CT molecular complexity index is 425. The number of hydrogen-bond acceptors (Lipinski definition) is 3. The van der Waals surface area contributed by atoms with Crippen molar-refractivity contribution in [1.82, 2.24) is 0 Å². The van der Waals surface area contributed by atoms with Crippen molar-refractivity contribution < 1.29 is 27.0 Å². The summed E-state index contributed by atoms with van der Waals surface area (Å²) in [7, 11) is 0. The van der Waals surface area contributed by atoms with E-state index in [2.05, 4.69) is 4.74 Å². The molecule has 0 N–H and O–H groups in total. The highest BCUT2D eigenvalue weighted by Gasteiger charge is 2.28. The van der Waals surface area contributed by atoms with Gasteiger partial charge in [0.2, 0.25) is 0 Å². The smallest absolute Gasteiger partial charge is 0.491 e. The van der Waals surface area contributed by atoms with Crippen LogP contribution in [0.1, 0.15) is 5.56 Å². The summed E-state index contributed by atoms with van der Waals surface area (Å²) in [5.74, 6) is -0.756. The van der Waals surface area contributed by atoms with Crippen LogP contribution in [-0.4, -0.2) is 19.6 Å². The lowest BCUT2D eigenvalue weighted by atomic mass is 10.2. The molecule has 0 aliphatic rings. The molecule has 1 aromatic rings. The minimum atomic E-state index is -4.71. The first-order valence-corrected chi connectivity index (χ1v) is 4.45. The molecule has 0 radical (unpaired) electrons. The van der Waals surface area contributed by atoms with Gasteiger partial charge in [-0.15, -0.1) is 13.2 Å². The third-order valence-electron chi connectivity index (χ3n) is 1.68. The maximum Gasteiger partial charge on any atom is 0.522 e. The second kappa shape index (κ2) is 5.50. The molecule has 0 heterocycles. The monoisotopic (exact) mass is 249 g/mol. The summed E-state index contributed by atoms with van der Waals surface area (Å²) in [5.41, 5.74) is -0.163. The molecule has 7 heteroatoms. The van der Waals surface area contributed by atoms with Crippen LogP contribution in [0.4, 0.5) is 17.6 Å². The van der Waals surface area contributed by atoms with Gasteiger partial charge in [0, 0.05) is 6.07 Å². The quantitative estimate of drug-likeness (QED) is 0.608. The summed E-state index contributed by atoms with van der Waals surface area (Å²) in [6, 6.07) is 4.99. The zero-order valence-corrected chi connectivity index (χ0v) is 8.42. The van der Waals surface area contributed by atoms with Crippen molar-refractivity contribution in [3.05, 3.63) is 29.6 Å². The molecule has 0 saturated heterocycles. The fraction of sp³-hybridized carbons (Fsp3) is 0.300. The Hall–Kier alpha value is -1.81. The molecule has 1 aromatic carbocycles. The highest BCUT2D eigenvalue weighted by Crippen LogP contribution is 2.17. The van der Waals surface area contributed by atoms with E-state index in [0.29, 0.717) is 0 Å². The Morgan fingerprint density at radius 3 is 2.47 bits per heavy atom. The third-order valence-corrected chi connectivity index (χ3v) is 1.68.